The van der Waals surface area contributed by atoms with E-state index in [2.05, 4.69) is 5.32 Å². The van der Waals surface area contributed by atoms with E-state index in [1.54, 1.807) is 13.0 Å². The second-order valence-electron chi connectivity index (χ2n) is 5.57. The van der Waals surface area contributed by atoms with Crippen molar-refractivity contribution in [2.45, 2.75) is 38.3 Å². The lowest BCUT2D eigenvalue weighted by atomic mass is 9.96. The van der Waals surface area contributed by atoms with Crippen molar-refractivity contribution in [3.8, 4) is 5.75 Å². The highest BCUT2D eigenvalue weighted by atomic mass is 19.1. The van der Waals surface area contributed by atoms with Gasteiger partial charge in [-0.25, -0.2) is 4.39 Å². The smallest absolute Gasteiger partial charge is 0.223 e. The molecule has 0 spiro atoms. The first-order chi connectivity index (χ1) is 9.56. The molecule has 1 aromatic carbocycles. The Bertz CT molecular complexity index is 540. The minimum Gasteiger partial charge on any atom is -0.490 e. The molecule has 5 heteroatoms. The highest BCUT2D eigenvalue weighted by molar-refractivity contribution is 5.81. The third kappa shape index (κ3) is 2.50. The van der Waals surface area contributed by atoms with Gasteiger partial charge in [0.25, 0.3) is 0 Å². The van der Waals surface area contributed by atoms with Gasteiger partial charge in [0.15, 0.2) is 11.6 Å². The van der Waals surface area contributed by atoms with Crippen molar-refractivity contribution in [2.75, 3.05) is 6.61 Å². The Balaban J connectivity index is 1.91. The maximum atomic E-state index is 14.0. The molecule has 3 rings (SSSR count). The van der Waals surface area contributed by atoms with Crippen LogP contribution in [0, 0.1) is 11.7 Å². The van der Waals surface area contributed by atoms with Crippen LogP contribution in [0.15, 0.2) is 12.1 Å². The van der Waals surface area contributed by atoms with Crippen molar-refractivity contribution >= 4 is 5.91 Å². The average molecular weight is 279 g/mol. The van der Waals surface area contributed by atoms with Gasteiger partial charge in [0.05, 0.1) is 18.8 Å². The molecule has 2 aliphatic rings. The van der Waals surface area contributed by atoms with E-state index in [-0.39, 0.29) is 23.6 Å². The number of benzene rings is 1. The molecule has 0 saturated heterocycles. The summed E-state index contributed by atoms with van der Waals surface area (Å²) in [6.45, 7) is 1.97. The molecule has 2 unspecified atom stereocenters. The molecule has 0 radical (unpaired) electrons. The lowest BCUT2D eigenvalue weighted by molar-refractivity contribution is -0.123. The van der Waals surface area contributed by atoms with E-state index in [9.17, 15) is 14.3 Å². The standard InChI is InChI=1S/C15H18FNO3/c1-8(18)10-6-11-13(17-15(19)9-2-3-9)4-5-20-14(11)12(16)7-10/h6-9,13,18H,2-5H2,1H3,(H,17,19). The number of amides is 1. The highest BCUT2D eigenvalue weighted by Crippen LogP contribution is 2.37. The summed E-state index contributed by atoms with van der Waals surface area (Å²) in [6.07, 6.45) is 1.73. The Labute approximate surface area is 116 Å². The number of carbonyl (C=O) groups excluding carboxylic acids is 1. The zero-order chi connectivity index (χ0) is 14.3. The fourth-order valence-electron chi connectivity index (χ4n) is 2.51. The quantitative estimate of drug-likeness (QED) is 0.892. The van der Waals surface area contributed by atoms with Gasteiger partial charge in [-0.05, 0) is 37.5 Å². The molecular formula is C15H18FNO3. The second kappa shape index (κ2) is 5.05. The van der Waals surface area contributed by atoms with Crippen molar-refractivity contribution in [1.29, 1.82) is 0 Å². The molecule has 1 saturated carbocycles. The SMILES string of the molecule is CC(O)c1cc(F)c2c(c1)C(NC(=O)C1CC1)CCO2. The molecule has 0 bridgehead atoms. The normalized spacial score (nSPS) is 22.6. The van der Waals surface area contributed by atoms with Crippen LogP contribution in [0.4, 0.5) is 4.39 Å². The monoisotopic (exact) mass is 279 g/mol. The number of nitrogens with one attached hydrogen (secondary N) is 1. The Morgan fingerprint density at radius 1 is 1.45 bits per heavy atom. The molecule has 1 aliphatic carbocycles. The van der Waals surface area contributed by atoms with E-state index < -0.39 is 11.9 Å². The Morgan fingerprint density at radius 2 is 2.20 bits per heavy atom. The van der Waals surface area contributed by atoms with E-state index in [0.29, 0.717) is 24.2 Å². The number of rotatable bonds is 3. The minimum atomic E-state index is -0.753. The summed E-state index contributed by atoms with van der Waals surface area (Å²) in [7, 11) is 0. The summed E-state index contributed by atoms with van der Waals surface area (Å²) in [5.41, 5.74) is 1.12. The summed E-state index contributed by atoms with van der Waals surface area (Å²) in [6, 6.07) is 2.77. The third-order valence-electron chi connectivity index (χ3n) is 3.87. The number of ether oxygens (including phenoxy) is 1. The first-order valence-corrected chi connectivity index (χ1v) is 7.01. The van der Waals surface area contributed by atoms with Crippen LogP contribution in [0.1, 0.15) is 49.5 Å². The maximum Gasteiger partial charge on any atom is 0.223 e. The van der Waals surface area contributed by atoms with E-state index >= 15 is 0 Å². The molecule has 2 N–H and O–H groups in total. The zero-order valence-electron chi connectivity index (χ0n) is 11.4. The first kappa shape index (κ1) is 13.4. The summed E-state index contributed by atoms with van der Waals surface area (Å²) in [4.78, 5) is 11.9. The van der Waals surface area contributed by atoms with Gasteiger partial charge in [-0.3, -0.25) is 4.79 Å². The van der Waals surface area contributed by atoms with E-state index in [1.807, 2.05) is 0 Å². The predicted octanol–water partition coefficient (Wildman–Crippen LogP) is 2.23. The zero-order valence-corrected chi connectivity index (χ0v) is 11.4. The van der Waals surface area contributed by atoms with Crippen LogP contribution >= 0.6 is 0 Å². The Kier molecular flexibility index (Phi) is 3.38. The van der Waals surface area contributed by atoms with Gasteiger partial charge in [-0.15, -0.1) is 0 Å². The van der Waals surface area contributed by atoms with Gasteiger partial charge < -0.3 is 15.2 Å². The Hall–Kier alpha value is -1.62. The number of hydrogen-bond acceptors (Lipinski definition) is 3. The van der Waals surface area contributed by atoms with Gasteiger partial charge in [0, 0.05) is 17.9 Å². The van der Waals surface area contributed by atoms with Crippen LogP contribution in [-0.4, -0.2) is 17.6 Å². The molecule has 1 heterocycles. The molecule has 4 nitrogen and oxygen atoms in total. The summed E-state index contributed by atoms with van der Waals surface area (Å²) in [5.74, 6) is -0.137. The second-order valence-corrected chi connectivity index (χ2v) is 5.57. The van der Waals surface area contributed by atoms with Crippen molar-refractivity contribution in [2.24, 2.45) is 5.92 Å². The molecule has 1 fully saturated rings. The molecule has 20 heavy (non-hydrogen) atoms. The molecule has 1 aliphatic heterocycles. The van der Waals surface area contributed by atoms with Gasteiger partial charge >= 0.3 is 0 Å². The summed E-state index contributed by atoms with van der Waals surface area (Å²) >= 11 is 0. The molecular weight excluding hydrogens is 261 g/mol. The number of fused-ring (bicyclic) bond motifs is 1. The fourth-order valence-corrected chi connectivity index (χ4v) is 2.51. The van der Waals surface area contributed by atoms with Gasteiger partial charge in [-0.2, -0.15) is 0 Å². The van der Waals surface area contributed by atoms with E-state index in [1.165, 1.54) is 6.07 Å². The van der Waals surface area contributed by atoms with Crippen molar-refractivity contribution in [1.82, 2.24) is 5.32 Å². The number of aliphatic hydroxyl groups is 1. The van der Waals surface area contributed by atoms with Crippen molar-refractivity contribution in [3.63, 3.8) is 0 Å². The van der Waals surface area contributed by atoms with Crippen molar-refractivity contribution in [3.05, 3.63) is 29.1 Å². The number of halogens is 1. The fraction of sp³-hybridized carbons (Fsp3) is 0.533. The van der Waals surface area contributed by atoms with Crippen LogP contribution in [0.3, 0.4) is 0 Å². The van der Waals surface area contributed by atoms with E-state index in [4.69, 9.17) is 4.74 Å². The molecule has 1 aromatic rings. The van der Waals surface area contributed by atoms with Crippen LogP contribution in [0.2, 0.25) is 0 Å². The Morgan fingerprint density at radius 3 is 2.85 bits per heavy atom. The molecule has 0 aromatic heterocycles. The average Bonchev–Trinajstić information content (AvgIpc) is 3.23. The first-order valence-electron chi connectivity index (χ1n) is 7.01. The van der Waals surface area contributed by atoms with Crippen molar-refractivity contribution < 1.29 is 19.0 Å². The van der Waals surface area contributed by atoms with Gasteiger partial charge in [0.1, 0.15) is 0 Å². The maximum absolute atomic E-state index is 14.0. The number of carbonyl (C=O) groups is 1. The third-order valence-corrected chi connectivity index (χ3v) is 3.87. The minimum absolute atomic E-state index is 0.0331. The topological polar surface area (TPSA) is 58.6 Å². The van der Waals surface area contributed by atoms with Crippen LogP contribution in [0.25, 0.3) is 0 Å². The van der Waals surface area contributed by atoms with Crippen LogP contribution in [0.5, 0.6) is 5.75 Å². The van der Waals surface area contributed by atoms with Gasteiger partial charge in [-0.1, -0.05) is 0 Å². The number of hydrogen-bond donors (Lipinski definition) is 2. The van der Waals surface area contributed by atoms with E-state index in [0.717, 1.165) is 12.8 Å². The summed E-state index contributed by atoms with van der Waals surface area (Å²) in [5, 5.41) is 12.6. The molecule has 108 valence electrons. The highest BCUT2D eigenvalue weighted by Gasteiger charge is 2.33. The largest absolute Gasteiger partial charge is 0.490 e. The lowest BCUT2D eigenvalue weighted by Gasteiger charge is -2.28. The van der Waals surface area contributed by atoms with Crippen LogP contribution < -0.4 is 10.1 Å². The molecule has 2 atom stereocenters. The summed E-state index contributed by atoms with van der Waals surface area (Å²) < 4.78 is 19.4. The van der Waals surface area contributed by atoms with Crippen LogP contribution in [-0.2, 0) is 4.79 Å². The van der Waals surface area contributed by atoms with Gasteiger partial charge in [0.2, 0.25) is 5.91 Å². The predicted molar refractivity (Wildman–Crippen MR) is 70.8 cm³/mol. The number of aliphatic hydroxyl groups excluding tert-OH is 1. The lowest BCUT2D eigenvalue weighted by Crippen LogP contribution is -2.33. The molecule has 1 amide bonds.